The van der Waals surface area contributed by atoms with Gasteiger partial charge in [0.1, 0.15) is 0 Å². The van der Waals surface area contributed by atoms with Gasteiger partial charge in [-0.15, -0.1) is 0 Å². The second kappa shape index (κ2) is 7.38. The average molecular weight is 274 g/mol. The van der Waals surface area contributed by atoms with Crippen molar-refractivity contribution in [1.82, 2.24) is 0 Å². The minimum absolute atomic E-state index is 0.630. The molecular weight excluding hydrogens is 244 g/mol. The molecule has 3 fully saturated rings. The van der Waals surface area contributed by atoms with E-state index in [1.165, 1.54) is 101 Å². The lowest BCUT2D eigenvalue weighted by atomic mass is 9.90. The van der Waals surface area contributed by atoms with E-state index in [1.54, 1.807) is 0 Å². The molecule has 0 atom stereocenters. The molecule has 0 unspecified atom stereocenters. The van der Waals surface area contributed by atoms with Crippen molar-refractivity contribution in [2.24, 2.45) is 9.98 Å². The Morgan fingerprint density at radius 1 is 0.500 bits per heavy atom. The van der Waals surface area contributed by atoms with Crippen molar-refractivity contribution in [1.29, 1.82) is 0 Å². The van der Waals surface area contributed by atoms with E-state index < -0.39 is 0 Å². The van der Waals surface area contributed by atoms with E-state index in [2.05, 4.69) is 0 Å². The molecule has 112 valence electrons. The smallest absolute Gasteiger partial charge is 0.0500 e. The Balaban J connectivity index is 1.46. The number of hydrogen-bond acceptors (Lipinski definition) is 2. The minimum Gasteiger partial charge on any atom is -0.291 e. The maximum absolute atomic E-state index is 5.04. The van der Waals surface area contributed by atoms with Crippen LogP contribution in [0.25, 0.3) is 0 Å². The van der Waals surface area contributed by atoms with Gasteiger partial charge in [-0.3, -0.25) is 9.98 Å². The second-order valence-electron chi connectivity index (χ2n) is 6.97. The summed E-state index contributed by atoms with van der Waals surface area (Å²) in [6.07, 6.45) is 18.6. The third-order valence-corrected chi connectivity index (χ3v) is 5.26. The van der Waals surface area contributed by atoms with Gasteiger partial charge in [-0.25, -0.2) is 0 Å². The van der Waals surface area contributed by atoms with Crippen LogP contribution in [0.15, 0.2) is 9.98 Å². The lowest BCUT2D eigenvalue weighted by Crippen LogP contribution is -2.23. The molecule has 0 aromatic heterocycles. The van der Waals surface area contributed by atoms with Crippen LogP contribution < -0.4 is 0 Å². The molecule has 0 N–H and O–H groups in total. The Morgan fingerprint density at radius 3 is 1.20 bits per heavy atom. The van der Waals surface area contributed by atoms with Crippen LogP contribution in [0.5, 0.6) is 0 Å². The van der Waals surface area contributed by atoms with Crippen molar-refractivity contribution < 1.29 is 0 Å². The molecule has 0 radical (unpaired) electrons. The molecule has 0 spiro atoms. The summed E-state index contributed by atoms with van der Waals surface area (Å²) in [5.74, 6) is 0. The van der Waals surface area contributed by atoms with E-state index in [0.29, 0.717) is 12.1 Å². The van der Waals surface area contributed by atoms with Crippen LogP contribution in [0.1, 0.15) is 89.9 Å². The molecule has 0 aliphatic heterocycles. The number of rotatable bonds is 2. The third kappa shape index (κ3) is 4.17. The number of hydrogen-bond donors (Lipinski definition) is 0. The van der Waals surface area contributed by atoms with Gasteiger partial charge in [-0.2, -0.15) is 0 Å². The molecule has 0 bridgehead atoms. The van der Waals surface area contributed by atoms with E-state index in [-0.39, 0.29) is 0 Å². The Morgan fingerprint density at radius 2 is 0.850 bits per heavy atom. The van der Waals surface area contributed by atoms with Crippen LogP contribution in [0.3, 0.4) is 0 Å². The first-order chi connectivity index (χ1) is 9.90. The van der Waals surface area contributed by atoms with Crippen LogP contribution in [-0.2, 0) is 0 Å². The van der Waals surface area contributed by atoms with E-state index in [1.807, 2.05) is 0 Å². The highest BCUT2D eigenvalue weighted by Gasteiger charge is 2.21. The summed E-state index contributed by atoms with van der Waals surface area (Å²) < 4.78 is 0. The first-order valence-electron chi connectivity index (χ1n) is 9.01. The standard InChI is InChI=1S/C18H30N2/c1-3-7-15(8-4-1)19-17-11-13-18(14-12-17)20-16-9-5-2-6-10-16/h17-18H,1-14H2. The molecule has 3 aliphatic rings. The highest BCUT2D eigenvalue weighted by atomic mass is 14.8. The summed E-state index contributed by atoms with van der Waals surface area (Å²) in [6, 6.07) is 1.26. The number of aliphatic imine (C=N–C) groups is 2. The Labute approximate surface area is 124 Å². The predicted octanol–water partition coefficient (Wildman–Crippen LogP) is 5.11. The van der Waals surface area contributed by atoms with Gasteiger partial charge in [-0.05, 0) is 77.0 Å². The molecule has 0 amide bonds. The quantitative estimate of drug-likeness (QED) is 0.668. The molecule has 3 rings (SSSR count). The zero-order valence-electron chi connectivity index (χ0n) is 12.9. The van der Waals surface area contributed by atoms with Gasteiger partial charge in [0.2, 0.25) is 0 Å². The molecule has 2 heteroatoms. The molecule has 0 saturated heterocycles. The largest absolute Gasteiger partial charge is 0.291 e. The van der Waals surface area contributed by atoms with Crippen LogP contribution in [0.4, 0.5) is 0 Å². The zero-order valence-corrected chi connectivity index (χ0v) is 12.9. The fourth-order valence-electron chi connectivity index (χ4n) is 4.01. The van der Waals surface area contributed by atoms with E-state index in [4.69, 9.17) is 9.98 Å². The Bertz CT molecular complexity index is 310. The van der Waals surface area contributed by atoms with Gasteiger partial charge in [0.25, 0.3) is 0 Å². The lowest BCUT2D eigenvalue weighted by molar-refractivity contribution is 0.395. The monoisotopic (exact) mass is 274 g/mol. The lowest BCUT2D eigenvalue weighted by Gasteiger charge is -2.26. The van der Waals surface area contributed by atoms with Gasteiger partial charge in [-0.1, -0.05) is 12.8 Å². The molecule has 0 heterocycles. The fraction of sp³-hybridized carbons (Fsp3) is 0.889. The van der Waals surface area contributed by atoms with E-state index in [9.17, 15) is 0 Å². The van der Waals surface area contributed by atoms with E-state index >= 15 is 0 Å². The van der Waals surface area contributed by atoms with Gasteiger partial charge in [0, 0.05) is 11.4 Å². The van der Waals surface area contributed by atoms with Crippen molar-refractivity contribution in [2.75, 3.05) is 0 Å². The first kappa shape index (κ1) is 14.3. The Hall–Kier alpha value is -0.660. The van der Waals surface area contributed by atoms with Crippen LogP contribution in [0.2, 0.25) is 0 Å². The summed E-state index contributed by atoms with van der Waals surface area (Å²) >= 11 is 0. The van der Waals surface area contributed by atoms with Gasteiger partial charge in [0.15, 0.2) is 0 Å². The highest BCUT2D eigenvalue weighted by molar-refractivity contribution is 5.85. The summed E-state index contributed by atoms with van der Waals surface area (Å²) in [5.41, 5.74) is 3.05. The maximum atomic E-state index is 5.04. The topological polar surface area (TPSA) is 24.7 Å². The van der Waals surface area contributed by atoms with Crippen LogP contribution in [0, 0.1) is 0 Å². The molecule has 0 aromatic carbocycles. The van der Waals surface area contributed by atoms with Gasteiger partial charge < -0.3 is 0 Å². The van der Waals surface area contributed by atoms with Gasteiger partial charge in [0.05, 0.1) is 12.1 Å². The molecular formula is C18H30N2. The third-order valence-electron chi connectivity index (χ3n) is 5.26. The zero-order chi connectivity index (χ0) is 13.6. The fourth-order valence-corrected chi connectivity index (χ4v) is 4.01. The van der Waals surface area contributed by atoms with Crippen LogP contribution >= 0.6 is 0 Å². The van der Waals surface area contributed by atoms with Crippen LogP contribution in [-0.4, -0.2) is 23.5 Å². The normalized spacial score (nSPS) is 32.0. The molecule has 2 nitrogen and oxygen atoms in total. The summed E-state index contributed by atoms with van der Waals surface area (Å²) in [5, 5.41) is 0. The van der Waals surface area contributed by atoms with E-state index in [0.717, 1.165) is 0 Å². The predicted molar refractivity (Wildman–Crippen MR) is 87.1 cm³/mol. The molecule has 0 aromatic rings. The van der Waals surface area contributed by atoms with Crippen molar-refractivity contribution in [3.8, 4) is 0 Å². The minimum atomic E-state index is 0.630. The van der Waals surface area contributed by atoms with Crippen molar-refractivity contribution in [2.45, 2.75) is 102 Å². The van der Waals surface area contributed by atoms with Crippen molar-refractivity contribution >= 4 is 11.4 Å². The average Bonchev–Trinajstić information content (AvgIpc) is 2.51. The Kier molecular flexibility index (Phi) is 5.27. The second-order valence-corrected chi connectivity index (χ2v) is 6.97. The summed E-state index contributed by atoms with van der Waals surface area (Å²) in [7, 11) is 0. The maximum Gasteiger partial charge on any atom is 0.0500 e. The highest BCUT2D eigenvalue weighted by Crippen LogP contribution is 2.27. The summed E-state index contributed by atoms with van der Waals surface area (Å²) in [4.78, 5) is 10.1. The first-order valence-corrected chi connectivity index (χ1v) is 9.01. The van der Waals surface area contributed by atoms with Crippen molar-refractivity contribution in [3.63, 3.8) is 0 Å². The molecule has 3 saturated carbocycles. The van der Waals surface area contributed by atoms with Gasteiger partial charge >= 0.3 is 0 Å². The SMILES string of the molecule is C1CCC(=NC2CCC(N=C3CCCCC3)CC2)CC1. The van der Waals surface area contributed by atoms with Crippen molar-refractivity contribution in [3.05, 3.63) is 0 Å². The molecule has 3 aliphatic carbocycles. The summed E-state index contributed by atoms with van der Waals surface area (Å²) in [6.45, 7) is 0. The number of nitrogens with zero attached hydrogens (tertiary/aromatic N) is 2. The molecule has 20 heavy (non-hydrogen) atoms.